The predicted octanol–water partition coefficient (Wildman–Crippen LogP) is 1.91. The molecule has 0 aliphatic carbocycles. The SMILES string of the molecule is CN(C)CCCNc1c(F)cc(N)cc1F. The van der Waals surface area contributed by atoms with Gasteiger partial charge in [0, 0.05) is 12.2 Å². The molecule has 0 saturated heterocycles. The molecule has 0 spiro atoms. The highest BCUT2D eigenvalue weighted by molar-refractivity contribution is 5.53. The minimum atomic E-state index is -0.651. The molecule has 0 fully saturated rings. The number of nitrogens with zero attached hydrogens (tertiary/aromatic N) is 1. The van der Waals surface area contributed by atoms with Gasteiger partial charge in [-0.05, 0) is 39.2 Å². The van der Waals surface area contributed by atoms with Crippen LogP contribution in [0, 0.1) is 11.6 Å². The zero-order chi connectivity index (χ0) is 12.1. The quantitative estimate of drug-likeness (QED) is 0.598. The molecule has 0 radical (unpaired) electrons. The molecule has 1 rings (SSSR count). The minimum absolute atomic E-state index is 0.0915. The van der Waals surface area contributed by atoms with Crippen molar-refractivity contribution in [1.29, 1.82) is 0 Å². The fourth-order valence-corrected chi connectivity index (χ4v) is 1.37. The summed E-state index contributed by atoms with van der Waals surface area (Å²) in [5, 5.41) is 2.73. The van der Waals surface area contributed by atoms with Gasteiger partial charge in [0.25, 0.3) is 0 Å². The van der Waals surface area contributed by atoms with Gasteiger partial charge in [-0.1, -0.05) is 0 Å². The molecule has 16 heavy (non-hydrogen) atoms. The lowest BCUT2D eigenvalue weighted by Gasteiger charge is -2.12. The molecule has 3 nitrogen and oxygen atoms in total. The van der Waals surface area contributed by atoms with Crippen molar-refractivity contribution in [2.75, 3.05) is 38.2 Å². The summed E-state index contributed by atoms with van der Waals surface area (Å²) in [5.74, 6) is -1.30. The van der Waals surface area contributed by atoms with E-state index in [1.54, 1.807) is 0 Å². The normalized spacial score (nSPS) is 10.8. The first-order valence-electron chi connectivity index (χ1n) is 5.14. The number of nitrogen functional groups attached to an aromatic ring is 1. The molecule has 1 aromatic carbocycles. The largest absolute Gasteiger partial charge is 0.399 e. The Bertz CT molecular complexity index is 330. The van der Waals surface area contributed by atoms with E-state index in [1.807, 2.05) is 19.0 Å². The van der Waals surface area contributed by atoms with Gasteiger partial charge < -0.3 is 16.0 Å². The second-order valence-corrected chi connectivity index (χ2v) is 3.94. The summed E-state index contributed by atoms with van der Waals surface area (Å²) in [6.45, 7) is 1.39. The highest BCUT2D eigenvalue weighted by atomic mass is 19.1. The zero-order valence-electron chi connectivity index (χ0n) is 9.56. The minimum Gasteiger partial charge on any atom is -0.399 e. The Morgan fingerprint density at radius 2 is 1.81 bits per heavy atom. The number of nitrogens with two attached hydrogens (primary N) is 1. The first-order valence-corrected chi connectivity index (χ1v) is 5.14. The predicted molar refractivity (Wildman–Crippen MR) is 62.4 cm³/mol. The van der Waals surface area contributed by atoms with Crippen molar-refractivity contribution in [3.05, 3.63) is 23.8 Å². The molecule has 5 heteroatoms. The average Bonchev–Trinajstić information content (AvgIpc) is 2.14. The van der Waals surface area contributed by atoms with Crippen LogP contribution in [-0.2, 0) is 0 Å². The maximum atomic E-state index is 13.3. The number of hydrogen-bond acceptors (Lipinski definition) is 3. The van der Waals surface area contributed by atoms with Crippen LogP contribution in [-0.4, -0.2) is 32.1 Å². The lowest BCUT2D eigenvalue weighted by Crippen LogP contribution is -2.17. The van der Waals surface area contributed by atoms with Gasteiger partial charge >= 0.3 is 0 Å². The van der Waals surface area contributed by atoms with E-state index < -0.39 is 11.6 Å². The summed E-state index contributed by atoms with van der Waals surface area (Å²) in [7, 11) is 3.90. The summed E-state index contributed by atoms with van der Waals surface area (Å²) in [4.78, 5) is 2.01. The van der Waals surface area contributed by atoms with Gasteiger partial charge in [-0.15, -0.1) is 0 Å². The van der Waals surface area contributed by atoms with Crippen molar-refractivity contribution in [3.8, 4) is 0 Å². The van der Waals surface area contributed by atoms with Crippen molar-refractivity contribution >= 4 is 11.4 Å². The van der Waals surface area contributed by atoms with E-state index >= 15 is 0 Å². The fraction of sp³-hybridized carbons (Fsp3) is 0.455. The Hall–Kier alpha value is -1.36. The number of hydrogen-bond donors (Lipinski definition) is 2. The van der Waals surface area contributed by atoms with Crippen LogP contribution in [0.1, 0.15) is 6.42 Å². The van der Waals surface area contributed by atoms with Crippen LogP contribution in [0.15, 0.2) is 12.1 Å². The van der Waals surface area contributed by atoms with Gasteiger partial charge in [-0.25, -0.2) is 8.78 Å². The topological polar surface area (TPSA) is 41.3 Å². The molecule has 3 N–H and O–H groups in total. The Morgan fingerprint density at radius 1 is 1.25 bits per heavy atom. The molecule has 0 amide bonds. The van der Waals surface area contributed by atoms with Gasteiger partial charge in [0.15, 0.2) is 11.6 Å². The Kier molecular flexibility index (Phi) is 4.49. The summed E-state index contributed by atoms with van der Waals surface area (Å²) >= 11 is 0. The zero-order valence-corrected chi connectivity index (χ0v) is 9.56. The Morgan fingerprint density at radius 3 is 2.31 bits per heavy atom. The molecular weight excluding hydrogens is 212 g/mol. The Labute approximate surface area is 94.2 Å². The molecule has 0 saturated carbocycles. The molecular formula is C11H17F2N3. The smallest absolute Gasteiger partial charge is 0.151 e. The van der Waals surface area contributed by atoms with Crippen LogP contribution in [0.4, 0.5) is 20.2 Å². The third-order valence-electron chi connectivity index (χ3n) is 2.15. The number of anilines is 2. The molecule has 0 bridgehead atoms. The molecule has 0 aliphatic rings. The molecule has 1 aromatic rings. The van der Waals surface area contributed by atoms with Crippen LogP contribution in [0.5, 0.6) is 0 Å². The van der Waals surface area contributed by atoms with Crippen LogP contribution in [0.2, 0.25) is 0 Å². The molecule has 0 atom stereocenters. The number of rotatable bonds is 5. The second kappa shape index (κ2) is 5.65. The van der Waals surface area contributed by atoms with Crippen LogP contribution in [0.25, 0.3) is 0 Å². The molecule has 0 unspecified atom stereocenters. The lowest BCUT2D eigenvalue weighted by molar-refractivity contribution is 0.405. The van der Waals surface area contributed by atoms with E-state index in [9.17, 15) is 8.78 Å². The summed E-state index contributed by atoms with van der Waals surface area (Å²) < 4.78 is 26.6. The standard InChI is InChI=1S/C11H17F2N3/c1-16(2)5-3-4-15-11-9(12)6-8(14)7-10(11)13/h6-7,15H,3-5,14H2,1-2H3. The van der Waals surface area contributed by atoms with Gasteiger partial charge in [0.2, 0.25) is 0 Å². The summed E-state index contributed by atoms with van der Waals surface area (Å²) in [5.41, 5.74) is 5.30. The highest BCUT2D eigenvalue weighted by Gasteiger charge is 2.09. The average molecular weight is 229 g/mol. The number of benzene rings is 1. The van der Waals surface area contributed by atoms with Crippen LogP contribution in [0.3, 0.4) is 0 Å². The third-order valence-corrected chi connectivity index (χ3v) is 2.15. The Balaban J connectivity index is 2.54. The molecule has 90 valence electrons. The molecule has 0 aromatic heterocycles. The number of nitrogens with one attached hydrogen (secondary N) is 1. The van der Waals surface area contributed by atoms with Gasteiger partial charge in [0.05, 0.1) is 0 Å². The molecule has 0 aliphatic heterocycles. The fourth-order valence-electron chi connectivity index (χ4n) is 1.37. The van der Waals surface area contributed by atoms with E-state index in [4.69, 9.17) is 5.73 Å². The summed E-state index contributed by atoms with van der Waals surface area (Å²) in [6.07, 6.45) is 0.816. The van der Waals surface area contributed by atoms with Crippen molar-refractivity contribution in [2.45, 2.75) is 6.42 Å². The summed E-state index contributed by atoms with van der Waals surface area (Å²) in [6, 6.07) is 2.22. The van der Waals surface area contributed by atoms with Crippen molar-refractivity contribution in [2.24, 2.45) is 0 Å². The maximum Gasteiger partial charge on any atom is 0.151 e. The highest BCUT2D eigenvalue weighted by Crippen LogP contribution is 2.21. The second-order valence-electron chi connectivity index (χ2n) is 3.94. The third kappa shape index (κ3) is 3.66. The first-order chi connectivity index (χ1) is 7.50. The van der Waals surface area contributed by atoms with Crippen molar-refractivity contribution in [1.82, 2.24) is 4.90 Å². The van der Waals surface area contributed by atoms with E-state index in [0.29, 0.717) is 6.54 Å². The van der Waals surface area contributed by atoms with E-state index in [0.717, 1.165) is 25.1 Å². The van der Waals surface area contributed by atoms with Crippen molar-refractivity contribution in [3.63, 3.8) is 0 Å². The van der Waals surface area contributed by atoms with Gasteiger partial charge in [-0.3, -0.25) is 0 Å². The monoisotopic (exact) mass is 229 g/mol. The van der Waals surface area contributed by atoms with Gasteiger partial charge in [-0.2, -0.15) is 0 Å². The van der Waals surface area contributed by atoms with E-state index in [-0.39, 0.29) is 11.4 Å². The molecule has 0 heterocycles. The maximum absolute atomic E-state index is 13.3. The number of halogens is 2. The lowest BCUT2D eigenvalue weighted by atomic mass is 10.2. The van der Waals surface area contributed by atoms with E-state index in [2.05, 4.69) is 5.32 Å². The first kappa shape index (κ1) is 12.7. The van der Waals surface area contributed by atoms with Crippen LogP contribution < -0.4 is 11.1 Å². The van der Waals surface area contributed by atoms with Crippen LogP contribution >= 0.6 is 0 Å². The van der Waals surface area contributed by atoms with E-state index in [1.165, 1.54) is 0 Å². The van der Waals surface area contributed by atoms with Crippen molar-refractivity contribution < 1.29 is 8.78 Å². The van der Waals surface area contributed by atoms with Gasteiger partial charge in [0.1, 0.15) is 5.69 Å².